The number of carboxylic acid groups (broad SMARTS) is 1. The molecular formula is C15H9F6NO4S. The number of alkyl halides is 6. The van der Waals surface area contributed by atoms with E-state index in [9.17, 15) is 39.6 Å². The van der Waals surface area contributed by atoms with Crippen LogP contribution in [0, 0.1) is 0 Å². The van der Waals surface area contributed by atoms with E-state index in [1.165, 1.54) is 0 Å². The van der Waals surface area contributed by atoms with Crippen molar-refractivity contribution in [1.29, 1.82) is 0 Å². The van der Waals surface area contributed by atoms with Gasteiger partial charge in [-0.25, -0.2) is 13.2 Å². The Morgan fingerprint density at radius 1 is 0.889 bits per heavy atom. The van der Waals surface area contributed by atoms with Crippen LogP contribution in [0.4, 0.5) is 32.0 Å². The predicted molar refractivity (Wildman–Crippen MR) is 80.7 cm³/mol. The minimum absolute atomic E-state index is 0.296. The van der Waals surface area contributed by atoms with E-state index in [4.69, 9.17) is 5.11 Å². The lowest BCUT2D eigenvalue weighted by Gasteiger charge is -2.14. The van der Waals surface area contributed by atoms with Crippen LogP contribution >= 0.6 is 0 Å². The van der Waals surface area contributed by atoms with Crippen molar-refractivity contribution >= 4 is 21.7 Å². The Morgan fingerprint density at radius 3 is 2.00 bits per heavy atom. The molecule has 0 bridgehead atoms. The van der Waals surface area contributed by atoms with Crippen molar-refractivity contribution in [2.24, 2.45) is 0 Å². The first kappa shape index (κ1) is 20.6. The Balaban J connectivity index is 2.49. The van der Waals surface area contributed by atoms with Crippen molar-refractivity contribution in [3.63, 3.8) is 0 Å². The second-order valence-corrected chi connectivity index (χ2v) is 6.92. The quantitative estimate of drug-likeness (QED) is 0.736. The summed E-state index contributed by atoms with van der Waals surface area (Å²) in [5, 5.41) is 8.87. The number of hydrogen-bond acceptors (Lipinski definition) is 3. The first-order chi connectivity index (χ1) is 12.2. The van der Waals surface area contributed by atoms with Gasteiger partial charge in [-0.1, -0.05) is 6.07 Å². The molecule has 2 N–H and O–H groups in total. The van der Waals surface area contributed by atoms with Crippen LogP contribution in [0.2, 0.25) is 0 Å². The SMILES string of the molecule is O=C(O)c1cc(NS(=O)(=O)c2cccc(C(F)(F)F)c2)cc(C(F)(F)F)c1. The number of rotatable bonds is 4. The molecule has 12 heteroatoms. The van der Waals surface area contributed by atoms with Crippen LogP contribution in [0.3, 0.4) is 0 Å². The third-order valence-corrected chi connectivity index (χ3v) is 4.61. The topological polar surface area (TPSA) is 83.5 Å². The first-order valence-electron chi connectivity index (χ1n) is 6.86. The lowest BCUT2D eigenvalue weighted by Crippen LogP contribution is -2.16. The van der Waals surface area contributed by atoms with Gasteiger partial charge in [-0.3, -0.25) is 4.72 Å². The van der Waals surface area contributed by atoms with Crippen LogP contribution in [0.15, 0.2) is 47.4 Å². The van der Waals surface area contributed by atoms with Crippen LogP contribution in [0.1, 0.15) is 21.5 Å². The molecule has 0 heterocycles. The van der Waals surface area contributed by atoms with E-state index >= 15 is 0 Å². The van der Waals surface area contributed by atoms with Gasteiger partial charge < -0.3 is 5.11 Å². The number of anilines is 1. The highest BCUT2D eigenvalue weighted by atomic mass is 32.2. The van der Waals surface area contributed by atoms with Crippen molar-refractivity contribution in [2.75, 3.05) is 4.72 Å². The Hall–Kier alpha value is -2.76. The number of benzene rings is 2. The molecule has 0 radical (unpaired) electrons. The van der Waals surface area contributed by atoms with Gasteiger partial charge in [0.05, 0.1) is 27.3 Å². The van der Waals surface area contributed by atoms with E-state index < -0.39 is 55.6 Å². The van der Waals surface area contributed by atoms with Crippen molar-refractivity contribution < 1.29 is 44.7 Å². The van der Waals surface area contributed by atoms with Gasteiger partial charge in [0.25, 0.3) is 10.0 Å². The zero-order valence-electron chi connectivity index (χ0n) is 12.9. The average molecular weight is 413 g/mol. The van der Waals surface area contributed by atoms with Crippen molar-refractivity contribution in [1.82, 2.24) is 0 Å². The summed E-state index contributed by atoms with van der Waals surface area (Å²) < 4.78 is 103. The predicted octanol–water partition coefficient (Wildman–Crippen LogP) is 4.22. The normalized spacial score (nSPS) is 12.7. The fourth-order valence-electron chi connectivity index (χ4n) is 2.03. The molecule has 0 fully saturated rings. The zero-order chi connectivity index (χ0) is 20.6. The van der Waals surface area contributed by atoms with E-state index in [0.717, 1.165) is 12.1 Å². The molecule has 0 saturated carbocycles. The fourth-order valence-corrected chi connectivity index (χ4v) is 3.11. The number of sulfonamides is 1. The summed E-state index contributed by atoms with van der Waals surface area (Å²) >= 11 is 0. The Labute approximate surface area is 148 Å². The standard InChI is InChI=1S/C15H9F6NO4S/c16-14(17,18)9-2-1-3-12(7-9)27(25,26)22-11-5-8(13(23)24)4-10(6-11)15(19,20)21/h1-7,22H,(H,23,24). The summed E-state index contributed by atoms with van der Waals surface area (Å²) in [4.78, 5) is 10.1. The molecular weight excluding hydrogens is 404 g/mol. The van der Waals surface area contributed by atoms with E-state index in [2.05, 4.69) is 0 Å². The third kappa shape index (κ3) is 4.90. The number of hydrogen-bond donors (Lipinski definition) is 2. The minimum Gasteiger partial charge on any atom is -0.478 e. The van der Waals surface area contributed by atoms with Crippen molar-refractivity contribution in [2.45, 2.75) is 17.2 Å². The summed E-state index contributed by atoms with van der Waals surface area (Å²) in [6, 6.07) is 3.78. The molecule has 0 spiro atoms. The molecule has 2 aromatic carbocycles. The lowest BCUT2D eigenvalue weighted by molar-refractivity contribution is -0.138. The molecule has 5 nitrogen and oxygen atoms in total. The van der Waals surface area contributed by atoms with Crippen molar-refractivity contribution in [3.05, 3.63) is 59.2 Å². The van der Waals surface area contributed by atoms with E-state index in [0.29, 0.717) is 30.3 Å². The van der Waals surface area contributed by atoms with Gasteiger partial charge in [-0.15, -0.1) is 0 Å². The number of nitrogens with one attached hydrogen (secondary N) is 1. The molecule has 0 aliphatic carbocycles. The summed E-state index contributed by atoms with van der Waals surface area (Å²) in [6.45, 7) is 0. The molecule has 0 aliphatic heterocycles. The van der Waals surface area contributed by atoms with Crippen LogP contribution < -0.4 is 4.72 Å². The molecule has 0 aromatic heterocycles. The van der Waals surface area contributed by atoms with Gasteiger partial charge in [0.1, 0.15) is 0 Å². The maximum Gasteiger partial charge on any atom is 0.416 e. The third-order valence-electron chi connectivity index (χ3n) is 3.23. The molecule has 0 aliphatic rings. The maximum absolute atomic E-state index is 12.9. The summed E-state index contributed by atoms with van der Waals surface area (Å²) in [5.74, 6) is -1.75. The molecule has 0 saturated heterocycles. The zero-order valence-corrected chi connectivity index (χ0v) is 13.7. The minimum atomic E-state index is -4.97. The molecule has 0 unspecified atom stereocenters. The Bertz CT molecular complexity index is 983. The van der Waals surface area contributed by atoms with Gasteiger partial charge in [-0.05, 0) is 36.4 Å². The summed E-state index contributed by atoms with van der Waals surface area (Å²) in [7, 11) is -4.71. The van der Waals surface area contributed by atoms with Crippen molar-refractivity contribution in [3.8, 4) is 0 Å². The first-order valence-corrected chi connectivity index (χ1v) is 8.34. The lowest BCUT2D eigenvalue weighted by atomic mass is 10.1. The molecule has 27 heavy (non-hydrogen) atoms. The smallest absolute Gasteiger partial charge is 0.416 e. The highest BCUT2D eigenvalue weighted by Gasteiger charge is 2.33. The van der Waals surface area contributed by atoms with Crippen LogP contribution in [-0.4, -0.2) is 19.5 Å². The second-order valence-electron chi connectivity index (χ2n) is 5.23. The summed E-state index contributed by atoms with van der Waals surface area (Å²) in [6.07, 6.45) is -9.81. The molecule has 0 atom stereocenters. The highest BCUT2D eigenvalue weighted by molar-refractivity contribution is 7.92. The maximum atomic E-state index is 12.9. The fraction of sp³-hybridized carbons (Fsp3) is 0.133. The summed E-state index contributed by atoms with van der Waals surface area (Å²) in [5.41, 5.74) is -4.34. The highest BCUT2D eigenvalue weighted by Crippen LogP contribution is 2.33. The van der Waals surface area contributed by atoms with Gasteiger partial charge >= 0.3 is 18.3 Å². The van der Waals surface area contributed by atoms with Crippen LogP contribution in [0.25, 0.3) is 0 Å². The van der Waals surface area contributed by atoms with Crippen LogP contribution in [0.5, 0.6) is 0 Å². The largest absolute Gasteiger partial charge is 0.478 e. The second kappa shape index (κ2) is 6.76. The van der Waals surface area contributed by atoms with Crippen LogP contribution in [-0.2, 0) is 22.4 Å². The van der Waals surface area contributed by atoms with Gasteiger partial charge in [-0.2, -0.15) is 26.3 Å². The molecule has 146 valence electrons. The number of aromatic carboxylic acids is 1. The molecule has 2 rings (SSSR count). The molecule has 0 amide bonds. The van der Waals surface area contributed by atoms with E-state index in [1.54, 1.807) is 4.72 Å². The van der Waals surface area contributed by atoms with E-state index in [-0.39, 0.29) is 0 Å². The Kier molecular flexibility index (Phi) is 5.14. The number of halogens is 6. The van der Waals surface area contributed by atoms with Gasteiger partial charge in [0.2, 0.25) is 0 Å². The van der Waals surface area contributed by atoms with Gasteiger partial charge in [0.15, 0.2) is 0 Å². The average Bonchev–Trinajstić information content (AvgIpc) is 2.52. The number of carbonyl (C=O) groups is 1. The monoisotopic (exact) mass is 413 g/mol. The molecule has 2 aromatic rings. The Morgan fingerprint density at radius 2 is 1.48 bits per heavy atom. The van der Waals surface area contributed by atoms with Gasteiger partial charge in [0, 0.05) is 0 Å². The number of carboxylic acids is 1. The van der Waals surface area contributed by atoms with E-state index in [1.807, 2.05) is 0 Å².